The van der Waals surface area contributed by atoms with E-state index in [1.807, 2.05) is 6.07 Å². The fourth-order valence-electron chi connectivity index (χ4n) is 4.45. The molecule has 0 bridgehead atoms. The fraction of sp³-hybridized carbons (Fsp3) is 0.548. The summed E-state index contributed by atoms with van der Waals surface area (Å²) >= 11 is 0. The maximum absolute atomic E-state index is 11.8. The Morgan fingerprint density at radius 3 is 2.00 bits per heavy atom. The van der Waals surface area contributed by atoms with Crippen LogP contribution >= 0.6 is 0 Å². The van der Waals surface area contributed by atoms with Gasteiger partial charge in [-0.1, -0.05) is 41.8 Å². The summed E-state index contributed by atoms with van der Waals surface area (Å²) in [7, 11) is 0. The zero-order valence-corrected chi connectivity index (χ0v) is 24.6. The summed E-state index contributed by atoms with van der Waals surface area (Å²) in [5, 5.41) is 24.6. The van der Waals surface area contributed by atoms with Crippen LogP contribution < -0.4 is 21.4 Å². The standard InChI is InChI=1S/C13H19N5O.C8H10.C5H9NO.C5H11N/c1-9(14)18-6-4-10(7-12(18)15)8-17-13(19)11-3-2-5-16-11;1-7-3-5-8(2)6-4-7;7-5-6-3-1-2-4-6;1-2-4-6-5-3-1/h4,6-7,11,14-16H,2-3,5,8H2,1H3,(H,17,19);3-6H,1-2H3;5H,1-4H2;6H,1-5H2. The minimum atomic E-state index is -0.0760. The minimum absolute atomic E-state index is 0.0176. The van der Waals surface area contributed by atoms with Crippen LogP contribution in [0.3, 0.4) is 0 Å². The highest BCUT2D eigenvalue weighted by molar-refractivity contribution is 5.82. The quantitative estimate of drug-likeness (QED) is 0.227. The zero-order chi connectivity index (χ0) is 29.2. The van der Waals surface area contributed by atoms with Gasteiger partial charge in [-0.15, -0.1) is 0 Å². The normalized spacial score (nSPS) is 17.7. The Balaban J connectivity index is 0.000000217. The number of rotatable bonds is 4. The number of hydrogen-bond acceptors (Lipinski definition) is 6. The van der Waals surface area contributed by atoms with Crippen molar-refractivity contribution in [3.63, 3.8) is 0 Å². The molecule has 2 aromatic rings. The molecular weight excluding hydrogens is 502 g/mol. The zero-order valence-electron chi connectivity index (χ0n) is 24.6. The Bertz CT molecular complexity index is 1050. The topological polar surface area (TPSA) is 126 Å². The van der Waals surface area contributed by atoms with Gasteiger partial charge in [0.15, 0.2) is 0 Å². The lowest BCUT2D eigenvalue weighted by Crippen LogP contribution is -2.40. The molecule has 9 nitrogen and oxygen atoms in total. The highest BCUT2D eigenvalue weighted by Crippen LogP contribution is 2.05. The summed E-state index contributed by atoms with van der Waals surface area (Å²) in [5.74, 6) is 0.319. The monoisotopic (exact) mass is 551 g/mol. The van der Waals surface area contributed by atoms with Gasteiger partial charge in [0, 0.05) is 25.8 Å². The molecule has 3 fully saturated rings. The molecule has 3 aliphatic heterocycles. The van der Waals surface area contributed by atoms with Crippen LogP contribution in [0.5, 0.6) is 0 Å². The van der Waals surface area contributed by atoms with Crippen LogP contribution in [0, 0.1) is 24.7 Å². The molecule has 40 heavy (non-hydrogen) atoms. The first-order chi connectivity index (χ1) is 19.3. The largest absolute Gasteiger partial charge is 0.351 e. The van der Waals surface area contributed by atoms with E-state index in [1.165, 1.54) is 60.9 Å². The second kappa shape index (κ2) is 18.9. The van der Waals surface area contributed by atoms with Crippen LogP contribution in [-0.2, 0) is 16.1 Å². The first-order valence-electron chi connectivity index (χ1n) is 14.6. The van der Waals surface area contributed by atoms with Gasteiger partial charge in [0.25, 0.3) is 0 Å². The fourth-order valence-corrected chi connectivity index (χ4v) is 4.45. The van der Waals surface area contributed by atoms with Gasteiger partial charge < -0.3 is 20.9 Å². The first kappa shape index (κ1) is 32.9. The molecule has 1 aromatic carbocycles. The van der Waals surface area contributed by atoms with E-state index in [0.29, 0.717) is 12.4 Å². The van der Waals surface area contributed by atoms with E-state index in [0.717, 1.165) is 44.4 Å². The number of carbonyl (C=O) groups is 2. The molecule has 4 heterocycles. The lowest BCUT2D eigenvalue weighted by molar-refractivity contribution is -0.123. The first-order valence-corrected chi connectivity index (χ1v) is 14.6. The van der Waals surface area contributed by atoms with Crippen molar-refractivity contribution in [1.29, 1.82) is 10.8 Å². The number of aryl methyl sites for hydroxylation is 2. The van der Waals surface area contributed by atoms with Crippen molar-refractivity contribution >= 4 is 18.2 Å². The summed E-state index contributed by atoms with van der Waals surface area (Å²) in [5.41, 5.74) is 3.78. The van der Waals surface area contributed by atoms with E-state index in [4.69, 9.17) is 10.8 Å². The maximum Gasteiger partial charge on any atom is 0.237 e. The molecule has 9 heteroatoms. The highest BCUT2D eigenvalue weighted by Gasteiger charge is 2.21. The predicted octanol–water partition coefficient (Wildman–Crippen LogP) is 3.48. The smallest absolute Gasteiger partial charge is 0.237 e. The third kappa shape index (κ3) is 13.2. The second-order valence-corrected chi connectivity index (χ2v) is 10.6. The SMILES string of the molecule is C1CCNCC1.CC(=N)n1ccc(CNC(=O)C2CCCN2)cc1=N.Cc1ccc(C)cc1.O=CN1CCCC1. The highest BCUT2D eigenvalue weighted by atomic mass is 16.2. The van der Waals surface area contributed by atoms with Crippen molar-refractivity contribution in [2.24, 2.45) is 0 Å². The molecule has 1 unspecified atom stereocenters. The average molecular weight is 552 g/mol. The van der Waals surface area contributed by atoms with Crippen molar-refractivity contribution in [2.45, 2.75) is 78.3 Å². The van der Waals surface area contributed by atoms with Gasteiger partial charge in [-0.2, -0.15) is 0 Å². The van der Waals surface area contributed by atoms with Crippen LogP contribution in [0.15, 0.2) is 42.6 Å². The maximum atomic E-state index is 11.8. The van der Waals surface area contributed by atoms with Gasteiger partial charge in [-0.25, -0.2) is 0 Å². The van der Waals surface area contributed by atoms with Crippen LogP contribution in [0.1, 0.15) is 68.6 Å². The van der Waals surface area contributed by atoms with Crippen molar-refractivity contribution in [3.8, 4) is 0 Å². The van der Waals surface area contributed by atoms with Crippen molar-refractivity contribution < 1.29 is 9.59 Å². The molecule has 1 atom stereocenters. The minimum Gasteiger partial charge on any atom is -0.351 e. The Morgan fingerprint density at radius 2 is 1.60 bits per heavy atom. The predicted molar refractivity (Wildman–Crippen MR) is 161 cm³/mol. The number of hydrogen-bond donors (Lipinski definition) is 5. The van der Waals surface area contributed by atoms with Crippen molar-refractivity contribution in [1.82, 2.24) is 25.4 Å². The molecule has 3 saturated heterocycles. The van der Waals surface area contributed by atoms with Crippen molar-refractivity contribution in [3.05, 3.63) is 64.8 Å². The molecule has 0 spiro atoms. The number of aromatic nitrogens is 1. The third-order valence-corrected chi connectivity index (χ3v) is 6.94. The Kier molecular flexibility index (Phi) is 15.5. The molecular formula is C31H49N7O2. The molecule has 220 valence electrons. The van der Waals surface area contributed by atoms with Gasteiger partial charge in [0.05, 0.1) is 6.04 Å². The van der Waals surface area contributed by atoms with E-state index < -0.39 is 0 Å². The molecule has 5 rings (SSSR count). The number of benzene rings is 1. The molecule has 2 amide bonds. The Morgan fingerprint density at radius 1 is 0.975 bits per heavy atom. The van der Waals surface area contributed by atoms with Gasteiger partial charge in [-0.3, -0.25) is 25.0 Å². The third-order valence-electron chi connectivity index (χ3n) is 6.94. The van der Waals surface area contributed by atoms with E-state index >= 15 is 0 Å². The van der Waals surface area contributed by atoms with Crippen LogP contribution in [0.2, 0.25) is 0 Å². The van der Waals surface area contributed by atoms with Gasteiger partial charge in [-0.05, 0) is 96.6 Å². The molecule has 1 aromatic heterocycles. The summed E-state index contributed by atoms with van der Waals surface area (Å²) in [6, 6.07) is 11.9. The van der Waals surface area contributed by atoms with Crippen molar-refractivity contribution in [2.75, 3.05) is 32.7 Å². The molecule has 0 aliphatic carbocycles. The number of carbonyl (C=O) groups excluding carboxylic acids is 2. The summed E-state index contributed by atoms with van der Waals surface area (Å²) in [6.45, 7) is 11.6. The Hall–Kier alpha value is -3.30. The number of pyridine rings is 1. The van der Waals surface area contributed by atoms with E-state index in [2.05, 4.69) is 54.1 Å². The average Bonchev–Trinajstić information content (AvgIpc) is 3.70. The summed E-state index contributed by atoms with van der Waals surface area (Å²) in [6.07, 6.45) is 11.1. The van der Waals surface area contributed by atoms with E-state index in [1.54, 1.807) is 24.1 Å². The number of amides is 2. The molecule has 5 N–H and O–H groups in total. The number of piperidine rings is 1. The summed E-state index contributed by atoms with van der Waals surface area (Å²) < 4.78 is 1.48. The van der Waals surface area contributed by atoms with Gasteiger partial charge in [0.2, 0.25) is 12.3 Å². The lowest BCUT2D eigenvalue weighted by atomic mass is 10.2. The van der Waals surface area contributed by atoms with Gasteiger partial charge in [0.1, 0.15) is 11.3 Å². The van der Waals surface area contributed by atoms with E-state index in [-0.39, 0.29) is 17.4 Å². The van der Waals surface area contributed by atoms with Crippen LogP contribution in [0.4, 0.5) is 0 Å². The van der Waals surface area contributed by atoms with Crippen LogP contribution in [0.25, 0.3) is 0 Å². The molecule has 0 radical (unpaired) electrons. The number of likely N-dealkylation sites (tertiary alicyclic amines) is 1. The van der Waals surface area contributed by atoms with Crippen LogP contribution in [-0.4, -0.2) is 66.4 Å². The second-order valence-electron chi connectivity index (χ2n) is 10.6. The number of nitrogens with one attached hydrogen (secondary N) is 5. The molecule has 0 saturated carbocycles. The Labute approximate surface area is 239 Å². The number of nitrogens with zero attached hydrogens (tertiary/aromatic N) is 2. The summed E-state index contributed by atoms with van der Waals surface area (Å²) in [4.78, 5) is 23.6. The lowest BCUT2D eigenvalue weighted by Gasteiger charge is -2.11. The van der Waals surface area contributed by atoms with E-state index in [9.17, 15) is 9.59 Å². The van der Waals surface area contributed by atoms with Gasteiger partial charge >= 0.3 is 0 Å². The molecule has 3 aliphatic rings.